The standard InChI is InChI=1S/C45H45F3N8O8S/c1-64-37-20-26(18-28-23-56(45(61)39(28)37)35-8-9-38(58)51-44(35)60)36(57)11-12-53-14-16-54(17-15-53)30-4-2-25(3-5-30)27-19-31-32(22-50-43(31)49-21-27)42(59)40-33(47)6-7-34(41(40)48)52-65(62,63)55-13-10-29(46)24-55/h2-7,18-22,29,35-36,52,57H,8-17,23-24H2,1H3,(H,49,50)(H,51,58,60)/t29?,35-,36+/m0/s1. The predicted molar refractivity (Wildman–Crippen MR) is 232 cm³/mol. The number of nitrogens with one attached hydrogen (secondary N) is 3. The van der Waals surface area contributed by atoms with Crippen LogP contribution in [0.25, 0.3) is 22.2 Å². The second kappa shape index (κ2) is 17.6. The molecule has 0 spiro atoms. The number of aliphatic hydroxyl groups is 1. The molecule has 1 unspecified atom stereocenters. The molecule has 2 aromatic heterocycles. The molecular weight excluding hydrogens is 870 g/mol. The number of imide groups is 1. The number of ether oxygens (including phenoxy) is 1. The number of H-pyrrole nitrogens is 1. The number of alkyl halides is 1. The molecule has 4 aliphatic rings. The molecule has 0 bridgehead atoms. The van der Waals surface area contributed by atoms with Gasteiger partial charge in [0.25, 0.3) is 5.91 Å². The van der Waals surface area contributed by atoms with Crippen LogP contribution in [0.1, 0.15) is 69.2 Å². The molecule has 0 radical (unpaired) electrons. The lowest BCUT2D eigenvalue weighted by Crippen LogP contribution is -2.52. The van der Waals surface area contributed by atoms with Crippen LogP contribution in [0.2, 0.25) is 0 Å². The summed E-state index contributed by atoms with van der Waals surface area (Å²) in [5, 5.41) is 13.9. The number of rotatable bonds is 13. The molecule has 4 aliphatic heterocycles. The van der Waals surface area contributed by atoms with Crippen molar-refractivity contribution in [3.63, 3.8) is 0 Å². The molecule has 6 heterocycles. The zero-order chi connectivity index (χ0) is 45.7. The van der Waals surface area contributed by atoms with Crippen LogP contribution in [0.3, 0.4) is 0 Å². The van der Waals surface area contributed by atoms with E-state index in [9.17, 15) is 37.1 Å². The van der Waals surface area contributed by atoms with E-state index in [4.69, 9.17) is 4.74 Å². The molecule has 20 heteroatoms. The molecular formula is C45H45F3N8O8S. The first-order valence-corrected chi connectivity index (χ1v) is 22.7. The minimum absolute atomic E-state index is 0.00822. The number of carbonyl (C=O) groups excluding carboxylic acids is 4. The number of amides is 3. The summed E-state index contributed by atoms with van der Waals surface area (Å²) in [5.41, 5.74) is 2.65. The van der Waals surface area contributed by atoms with Gasteiger partial charge < -0.3 is 24.6 Å². The van der Waals surface area contributed by atoms with Gasteiger partial charge in [0.15, 0.2) is 5.82 Å². The summed E-state index contributed by atoms with van der Waals surface area (Å²) in [6, 6.07) is 13.8. The number of carbonyl (C=O) groups is 4. The normalized spacial score (nSPS) is 20.0. The average Bonchev–Trinajstić information content (AvgIpc) is 4.03. The molecule has 340 valence electrons. The first kappa shape index (κ1) is 43.9. The van der Waals surface area contributed by atoms with Crippen molar-refractivity contribution in [2.75, 3.05) is 62.5 Å². The lowest BCUT2D eigenvalue weighted by Gasteiger charge is -2.36. The number of pyridine rings is 1. The monoisotopic (exact) mass is 914 g/mol. The smallest absolute Gasteiger partial charge is 0.301 e. The SMILES string of the molecule is COc1cc([C@H](O)CCN2CCN(c3ccc(-c4cnc5[nH]cc(C(=O)c6c(F)ccc(NS(=O)(=O)N7CCC(F)C7)c6F)c5c4)cc3)CC2)cc2c1C(=O)N([C@H]1CCC(=O)NC1=O)C2. The minimum Gasteiger partial charge on any atom is -0.496 e. The summed E-state index contributed by atoms with van der Waals surface area (Å²) < 4.78 is 78.6. The Kier molecular flexibility index (Phi) is 11.9. The number of anilines is 2. The summed E-state index contributed by atoms with van der Waals surface area (Å²) in [4.78, 5) is 64.6. The quantitative estimate of drug-likeness (QED) is 0.0962. The second-order valence-corrected chi connectivity index (χ2v) is 18.3. The second-order valence-electron chi connectivity index (χ2n) is 16.6. The van der Waals surface area contributed by atoms with Crippen molar-refractivity contribution in [2.24, 2.45) is 0 Å². The van der Waals surface area contributed by atoms with E-state index in [1.165, 1.54) is 18.2 Å². The first-order chi connectivity index (χ1) is 31.2. The zero-order valence-electron chi connectivity index (χ0n) is 35.2. The largest absolute Gasteiger partial charge is 0.496 e. The number of fused-ring (bicyclic) bond motifs is 2. The number of aliphatic hydroxyl groups excluding tert-OH is 1. The average molecular weight is 915 g/mol. The van der Waals surface area contributed by atoms with E-state index >= 15 is 8.78 Å². The van der Waals surface area contributed by atoms with Crippen LogP contribution >= 0.6 is 0 Å². The van der Waals surface area contributed by atoms with Crippen LogP contribution in [-0.2, 0) is 26.3 Å². The third kappa shape index (κ3) is 8.53. The van der Waals surface area contributed by atoms with Gasteiger partial charge in [0, 0.05) is 93.4 Å². The van der Waals surface area contributed by atoms with Crippen molar-refractivity contribution in [2.45, 2.75) is 50.5 Å². The lowest BCUT2D eigenvalue weighted by atomic mass is 9.99. The van der Waals surface area contributed by atoms with Gasteiger partial charge in [-0.05, 0) is 72.4 Å². The number of piperazine rings is 1. The van der Waals surface area contributed by atoms with Gasteiger partial charge in [0.05, 0.1) is 30.0 Å². The summed E-state index contributed by atoms with van der Waals surface area (Å²) in [7, 11) is -2.91. The van der Waals surface area contributed by atoms with E-state index in [1.807, 2.05) is 29.0 Å². The molecule has 9 rings (SSSR count). The fraction of sp³-hybridized carbons (Fsp3) is 0.356. The Morgan fingerprint density at radius 2 is 1.77 bits per heavy atom. The van der Waals surface area contributed by atoms with Gasteiger partial charge >= 0.3 is 10.2 Å². The summed E-state index contributed by atoms with van der Waals surface area (Å²) >= 11 is 0. The number of halogens is 3. The molecule has 65 heavy (non-hydrogen) atoms. The number of nitrogens with zero attached hydrogens (tertiary/aromatic N) is 5. The molecule has 3 saturated heterocycles. The van der Waals surface area contributed by atoms with E-state index in [-0.39, 0.29) is 49.7 Å². The van der Waals surface area contributed by atoms with Crippen LogP contribution in [0.15, 0.2) is 67.0 Å². The Balaban J connectivity index is 0.818. The highest BCUT2D eigenvalue weighted by Gasteiger charge is 2.41. The van der Waals surface area contributed by atoms with Crippen molar-refractivity contribution >= 4 is 56.1 Å². The Labute approximate surface area is 371 Å². The molecule has 0 aliphatic carbocycles. The highest BCUT2D eigenvalue weighted by atomic mass is 32.2. The number of methoxy groups -OCH3 is 1. The molecule has 3 amide bonds. The van der Waals surface area contributed by atoms with E-state index in [0.29, 0.717) is 52.0 Å². The van der Waals surface area contributed by atoms with E-state index in [2.05, 4.69) is 25.1 Å². The first-order valence-electron chi connectivity index (χ1n) is 21.2. The number of piperidine rings is 1. The third-order valence-corrected chi connectivity index (χ3v) is 14.1. The van der Waals surface area contributed by atoms with Gasteiger partial charge in [-0.25, -0.2) is 18.2 Å². The number of aromatic nitrogens is 2. The molecule has 3 atom stereocenters. The summed E-state index contributed by atoms with van der Waals surface area (Å²) in [6.45, 7) is 3.24. The van der Waals surface area contributed by atoms with Gasteiger partial charge in [-0.2, -0.15) is 12.7 Å². The van der Waals surface area contributed by atoms with Crippen molar-refractivity contribution in [1.82, 2.24) is 29.4 Å². The maximum Gasteiger partial charge on any atom is 0.301 e. The topological polar surface area (TPSA) is 198 Å². The van der Waals surface area contributed by atoms with Crippen LogP contribution in [0.4, 0.5) is 24.5 Å². The molecule has 5 aromatic rings. The minimum atomic E-state index is -4.37. The maximum absolute atomic E-state index is 15.8. The fourth-order valence-corrected chi connectivity index (χ4v) is 10.3. The Morgan fingerprint density at radius 1 is 1.00 bits per heavy atom. The Hall–Kier alpha value is -6.35. The Morgan fingerprint density at radius 3 is 2.48 bits per heavy atom. The van der Waals surface area contributed by atoms with E-state index in [1.54, 1.807) is 24.4 Å². The van der Waals surface area contributed by atoms with E-state index < -0.39 is 69.6 Å². The third-order valence-electron chi connectivity index (χ3n) is 12.6. The molecule has 0 saturated carbocycles. The van der Waals surface area contributed by atoms with Gasteiger partial charge in [-0.3, -0.25) is 34.1 Å². The van der Waals surface area contributed by atoms with Crippen molar-refractivity contribution in [3.8, 4) is 16.9 Å². The lowest BCUT2D eigenvalue weighted by molar-refractivity contribution is -0.136. The van der Waals surface area contributed by atoms with Crippen LogP contribution in [0.5, 0.6) is 5.75 Å². The van der Waals surface area contributed by atoms with Crippen LogP contribution in [-0.4, -0.2) is 126 Å². The number of aromatic amines is 1. The van der Waals surface area contributed by atoms with Gasteiger partial charge in [-0.1, -0.05) is 18.2 Å². The molecule has 3 fully saturated rings. The van der Waals surface area contributed by atoms with Crippen molar-refractivity contribution < 1.29 is 50.6 Å². The zero-order valence-corrected chi connectivity index (χ0v) is 36.0. The number of hydrogen-bond acceptors (Lipinski definition) is 11. The highest BCUT2D eigenvalue weighted by Crippen LogP contribution is 2.37. The van der Waals surface area contributed by atoms with Gasteiger partial charge in [0.1, 0.15) is 29.4 Å². The van der Waals surface area contributed by atoms with E-state index in [0.717, 1.165) is 53.9 Å². The number of ketones is 1. The molecule has 4 N–H and O–H groups in total. The van der Waals surface area contributed by atoms with Gasteiger partial charge in [-0.15, -0.1) is 0 Å². The van der Waals surface area contributed by atoms with Crippen LogP contribution in [0, 0.1) is 11.6 Å². The highest BCUT2D eigenvalue weighted by molar-refractivity contribution is 7.90. The van der Waals surface area contributed by atoms with Gasteiger partial charge in [0.2, 0.25) is 17.6 Å². The number of benzene rings is 3. The summed E-state index contributed by atoms with van der Waals surface area (Å²) in [5.74, 6) is -4.50. The number of hydrogen-bond donors (Lipinski definition) is 4. The molecule has 3 aromatic carbocycles. The van der Waals surface area contributed by atoms with Crippen LogP contribution < -0.4 is 19.7 Å². The Bertz CT molecular complexity index is 2840. The maximum atomic E-state index is 15.8. The predicted octanol–water partition coefficient (Wildman–Crippen LogP) is 4.45. The van der Waals surface area contributed by atoms with Crippen molar-refractivity contribution in [3.05, 3.63) is 106 Å². The van der Waals surface area contributed by atoms with Crippen molar-refractivity contribution in [1.29, 1.82) is 0 Å². The fourth-order valence-electron chi connectivity index (χ4n) is 9.05. The summed E-state index contributed by atoms with van der Waals surface area (Å²) in [6.07, 6.45) is 1.54. The molecule has 16 nitrogen and oxygen atoms in total.